The van der Waals surface area contributed by atoms with Gasteiger partial charge in [0.15, 0.2) is 5.78 Å². The summed E-state index contributed by atoms with van der Waals surface area (Å²) in [5.74, 6) is 0.319. The average molecular weight is 242 g/mol. The van der Waals surface area contributed by atoms with Crippen LogP contribution >= 0.6 is 0 Å². The van der Waals surface area contributed by atoms with Crippen LogP contribution in [0.1, 0.15) is 17.3 Å². The van der Waals surface area contributed by atoms with E-state index in [0.717, 1.165) is 0 Å². The Morgan fingerprint density at radius 3 is 2.56 bits per heavy atom. The van der Waals surface area contributed by atoms with Gasteiger partial charge in [0.05, 0.1) is 12.8 Å². The number of carbonyl (C=O) groups is 1. The molecule has 0 saturated carbocycles. The highest BCUT2D eigenvalue weighted by atomic mass is 16.5. The maximum Gasteiger partial charge on any atom is 0.237 e. The monoisotopic (exact) mass is 242 g/mol. The van der Waals surface area contributed by atoms with Crippen LogP contribution in [0.25, 0.3) is 0 Å². The second-order valence-corrected chi connectivity index (χ2v) is 3.27. The minimum atomic E-state index is -0.298. The predicted molar refractivity (Wildman–Crippen MR) is 65.3 cm³/mol. The van der Waals surface area contributed by atoms with Gasteiger partial charge in [0.25, 0.3) is 0 Å². The van der Waals surface area contributed by atoms with E-state index in [1.807, 2.05) is 0 Å². The van der Waals surface area contributed by atoms with E-state index in [2.05, 4.69) is 10.5 Å². The fourth-order valence-electron chi connectivity index (χ4n) is 1.19. The fraction of sp³-hybridized carbons (Fsp3) is 0.167. The van der Waals surface area contributed by atoms with Gasteiger partial charge in [0, 0.05) is 5.56 Å². The van der Waals surface area contributed by atoms with Gasteiger partial charge in [-0.05, 0) is 25.1 Å². The molecule has 0 atom stereocenters. The molecule has 0 aliphatic rings. The first kappa shape index (κ1) is 13.2. The first-order chi connectivity index (χ1) is 8.62. The summed E-state index contributed by atoms with van der Waals surface area (Å²) in [4.78, 5) is 11.2. The maximum atomic E-state index is 11.2. The number of hydrogen-bond donors (Lipinski definition) is 1. The van der Waals surface area contributed by atoms with E-state index in [4.69, 9.17) is 15.3 Å². The molecule has 0 bridgehead atoms. The molecule has 1 N–H and O–H groups in total. The van der Waals surface area contributed by atoms with Gasteiger partial charge in [-0.25, -0.2) is 0 Å². The number of hydrazone groups is 1. The van der Waals surface area contributed by atoms with Crippen molar-refractivity contribution in [3.63, 3.8) is 0 Å². The Morgan fingerprint density at radius 1 is 1.39 bits per heavy atom. The second kappa shape index (κ2) is 6.02. The summed E-state index contributed by atoms with van der Waals surface area (Å²) in [7, 11) is 1.45. The summed E-state index contributed by atoms with van der Waals surface area (Å²) >= 11 is 0. The van der Waals surface area contributed by atoms with Crippen LogP contribution < -0.4 is 10.2 Å². The Morgan fingerprint density at radius 2 is 2.06 bits per heavy atom. The van der Waals surface area contributed by atoms with Crippen molar-refractivity contribution < 1.29 is 9.53 Å². The SMILES string of the molecule is COc1cc(C(C)=O)ccc1NN=C(C#N)C#N. The second-order valence-electron chi connectivity index (χ2n) is 3.27. The number of nitrogens with zero attached hydrogens (tertiary/aromatic N) is 3. The first-order valence-corrected chi connectivity index (χ1v) is 4.95. The lowest BCUT2D eigenvalue weighted by Crippen LogP contribution is -2.00. The minimum absolute atomic E-state index is 0.0851. The van der Waals surface area contributed by atoms with E-state index in [0.29, 0.717) is 17.0 Å². The van der Waals surface area contributed by atoms with Crippen LogP contribution in [0.5, 0.6) is 5.75 Å². The van der Waals surface area contributed by atoms with E-state index in [1.165, 1.54) is 14.0 Å². The summed E-state index contributed by atoms with van der Waals surface area (Å²) in [5, 5.41) is 20.7. The van der Waals surface area contributed by atoms with Crippen molar-refractivity contribution in [1.82, 2.24) is 0 Å². The zero-order valence-corrected chi connectivity index (χ0v) is 9.89. The van der Waals surface area contributed by atoms with Crippen LogP contribution in [0.15, 0.2) is 23.3 Å². The van der Waals surface area contributed by atoms with E-state index < -0.39 is 0 Å². The van der Waals surface area contributed by atoms with E-state index in [-0.39, 0.29) is 11.5 Å². The van der Waals surface area contributed by atoms with Crippen molar-refractivity contribution in [3.8, 4) is 17.9 Å². The Labute approximate surface area is 104 Å². The molecule has 1 aromatic rings. The molecular weight excluding hydrogens is 232 g/mol. The first-order valence-electron chi connectivity index (χ1n) is 4.95. The molecule has 6 heteroatoms. The summed E-state index contributed by atoms with van der Waals surface area (Å²) < 4.78 is 5.09. The third-order valence-electron chi connectivity index (χ3n) is 2.11. The molecule has 0 aliphatic heterocycles. The Hall–Kier alpha value is -2.86. The minimum Gasteiger partial charge on any atom is -0.494 e. The molecule has 0 unspecified atom stereocenters. The van der Waals surface area contributed by atoms with E-state index in [1.54, 1.807) is 30.3 Å². The number of rotatable bonds is 4. The summed E-state index contributed by atoms with van der Waals surface area (Å²) in [6.07, 6.45) is 0. The number of Topliss-reactive ketones (excluding diaryl/α,β-unsaturated/α-hetero) is 1. The van der Waals surface area contributed by atoms with Crippen molar-refractivity contribution in [2.24, 2.45) is 5.10 Å². The highest BCUT2D eigenvalue weighted by molar-refractivity contribution is 6.10. The van der Waals surface area contributed by atoms with Gasteiger partial charge in [-0.1, -0.05) is 0 Å². The summed E-state index contributed by atoms with van der Waals surface area (Å²) in [6, 6.07) is 7.98. The molecule has 0 heterocycles. The standard InChI is InChI=1S/C12H10N4O2/c1-8(17)9-3-4-11(12(5-9)18-2)16-15-10(6-13)7-14/h3-5,16H,1-2H3. The predicted octanol–water partition coefficient (Wildman–Crippen LogP) is 1.71. The van der Waals surface area contributed by atoms with Crippen LogP contribution in [0.3, 0.4) is 0 Å². The summed E-state index contributed by atoms with van der Waals surface area (Å²) in [5.41, 5.74) is 3.21. The number of ketones is 1. The molecule has 0 saturated heterocycles. The Bertz CT molecular complexity index is 563. The van der Waals surface area contributed by atoms with Crippen LogP contribution in [-0.2, 0) is 0 Å². The highest BCUT2D eigenvalue weighted by Crippen LogP contribution is 2.25. The quantitative estimate of drug-likeness (QED) is 0.492. The third-order valence-corrected chi connectivity index (χ3v) is 2.11. The Balaban J connectivity index is 3.05. The summed E-state index contributed by atoms with van der Waals surface area (Å²) in [6.45, 7) is 1.45. The van der Waals surface area contributed by atoms with Crippen molar-refractivity contribution in [3.05, 3.63) is 23.8 Å². The maximum absolute atomic E-state index is 11.2. The molecule has 0 spiro atoms. The van der Waals surface area contributed by atoms with Gasteiger partial charge >= 0.3 is 0 Å². The largest absolute Gasteiger partial charge is 0.494 e. The number of methoxy groups -OCH3 is 1. The third kappa shape index (κ3) is 3.06. The number of carbonyl (C=O) groups excluding carboxylic acids is 1. The number of nitrogens with one attached hydrogen (secondary N) is 1. The molecule has 18 heavy (non-hydrogen) atoms. The molecule has 0 aliphatic carbocycles. The Kier molecular flexibility index (Phi) is 4.42. The topological polar surface area (TPSA) is 98.3 Å². The van der Waals surface area contributed by atoms with Crippen molar-refractivity contribution >= 4 is 17.2 Å². The fourth-order valence-corrected chi connectivity index (χ4v) is 1.19. The smallest absolute Gasteiger partial charge is 0.237 e. The van der Waals surface area contributed by atoms with Crippen LogP contribution in [0.4, 0.5) is 5.69 Å². The van der Waals surface area contributed by atoms with E-state index >= 15 is 0 Å². The zero-order chi connectivity index (χ0) is 13.5. The normalized spacial score (nSPS) is 8.67. The number of nitriles is 2. The molecule has 1 rings (SSSR count). The number of ether oxygens (including phenoxy) is 1. The van der Waals surface area contributed by atoms with E-state index in [9.17, 15) is 4.79 Å². The number of hydrogen-bond acceptors (Lipinski definition) is 6. The molecule has 0 radical (unpaired) electrons. The van der Waals surface area contributed by atoms with Crippen molar-refractivity contribution in [2.45, 2.75) is 6.92 Å². The lowest BCUT2D eigenvalue weighted by molar-refractivity contribution is 0.101. The van der Waals surface area contributed by atoms with Gasteiger partial charge in [0.1, 0.15) is 17.9 Å². The molecule has 6 nitrogen and oxygen atoms in total. The van der Waals surface area contributed by atoms with Gasteiger partial charge in [0.2, 0.25) is 5.71 Å². The van der Waals surface area contributed by atoms with Gasteiger partial charge in [-0.15, -0.1) is 0 Å². The van der Waals surface area contributed by atoms with Crippen LogP contribution in [-0.4, -0.2) is 18.6 Å². The highest BCUT2D eigenvalue weighted by Gasteiger charge is 2.07. The molecular formula is C12H10N4O2. The zero-order valence-electron chi connectivity index (χ0n) is 9.89. The van der Waals surface area contributed by atoms with Crippen molar-refractivity contribution in [2.75, 3.05) is 12.5 Å². The lowest BCUT2D eigenvalue weighted by atomic mass is 10.1. The molecule has 0 fully saturated rings. The molecule has 1 aromatic carbocycles. The van der Waals surface area contributed by atoms with Crippen molar-refractivity contribution in [1.29, 1.82) is 10.5 Å². The van der Waals surface area contributed by atoms with Crippen LogP contribution in [0.2, 0.25) is 0 Å². The molecule has 0 aromatic heterocycles. The molecule has 0 amide bonds. The average Bonchev–Trinajstić information content (AvgIpc) is 2.39. The molecule has 90 valence electrons. The number of anilines is 1. The van der Waals surface area contributed by atoms with Crippen LogP contribution in [0, 0.1) is 22.7 Å². The number of benzene rings is 1. The van der Waals surface area contributed by atoms with Gasteiger partial charge in [-0.2, -0.15) is 15.6 Å². The van der Waals surface area contributed by atoms with Gasteiger partial charge in [-0.3, -0.25) is 10.2 Å². The lowest BCUT2D eigenvalue weighted by Gasteiger charge is -2.08. The van der Waals surface area contributed by atoms with Gasteiger partial charge < -0.3 is 4.74 Å².